The van der Waals surface area contributed by atoms with Gasteiger partial charge in [-0.3, -0.25) is 0 Å². The van der Waals surface area contributed by atoms with E-state index in [-0.39, 0.29) is 5.41 Å². The first-order valence-corrected chi connectivity index (χ1v) is 4.66. The van der Waals surface area contributed by atoms with E-state index in [4.69, 9.17) is 5.73 Å². The van der Waals surface area contributed by atoms with Crippen LogP contribution in [0.4, 0.5) is 5.69 Å². The Morgan fingerprint density at radius 2 is 2.08 bits per heavy atom. The van der Waals surface area contributed by atoms with Crippen molar-refractivity contribution < 1.29 is 0 Å². The number of nitrogens with two attached hydrogens (primary N) is 1. The van der Waals surface area contributed by atoms with Gasteiger partial charge < -0.3 is 5.73 Å². The smallest absolute Gasteiger partial charge is 0.0317 e. The van der Waals surface area contributed by atoms with Crippen molar-refractivity contribution in [2.75, 3.05) is 5.73 Å². The van der Waals surface area contributed by atoms with E-state index < -0.39 is 0 Å². The van der Waals surface area contributed by atoms with E-state index in [0.29, 0.717) is 0 Å². The Kier molecular flexibility index (Phi) is 1.69. The van der Waals surface area contributed by atoms with Gasteiger partial charge in [-0.05, 0) is 35.1 Å². The maximum absolute atomic E-state index is 5.78. The summed E-state index contributed by atoms with van der Waals surface area (Å²) in [4.78, 5) is 0. The summed E-state index contributed by atoms with van der Waals surface area (Å²) < 4.78 is 0. The van der Waals surface area contributed by atoms with Crippen molar-refractivity contribution in [1.82, 2.24) is 0 Å². The third kappa shape index (κ3) is 1.35. The Morgan fingerprint density at radius 3 is 2.85 bits per heavy atom. The highest BCUT2D eigenvalue weighted by atomic mass is 14.5. The standard InChI is InChI=1S/C12H15N/c1-12(2)7-3-4-9-5-6-10(13)8-11(9)12/h3-6,8H,7,13H2,1-2H3. The average Bonchev–Trinajstić information content (AvgIpc) is 2.06. The molecule has 1 aromatic carbocycles. The van der Waals surface area contributed by atoms with Crippen LogP contribution in [0.3, 0.4) is 0 Å². The van der Waals surface area contributed by atoms with Gasteiger partial charge in [0.1, 0.15) is 0 Å². The summed E-state index contributed by atoms with van der Waals surface area (Å²) in [7, 11) is 0. The molecule has 0 saturated carbocycles. The number of nitrogen functional groups attached to an aromatic ring is 1. The summed E-state index contributed by atoms with van der Waals surface area (Å²) in [6.45, 7) is 4.52. The Bertz CT molecular complexity index is 361. The zero-order chi connectivity index (χ0) is 9.47. The molecule has 0 saturated heterocycles. The molecule has 0 amide bonds. The molecule has 1 heteroatoms. The van der Waals surface area contributed by atoms with Gasteiger partial charge in [0, 0.05) is 5.69 Å². The minimum atomic E-state index is 0.236. The highest BCUT2D eigenvalue weighted by Gasteiger charge is 2.24. The number of anilines is 1. The predicted octanol–water partition coefficient (Wildman–Crippen LogP) is 2.96. The molecule has 1 aliphatic rings. The van der Waals surface area contributed by atoms with Crippen molar-refractivity contribution in [3.8, 4) is 0 Å². The molecule has 0 heterocycles. The molecule has 0 aromatic heterocycles. The highest BCUT2D eigenvalue weighted by molar-refractivity contribution is 5.62. The zero-order valence-electron chi connectivity index (χ0n) is 8.17. The van der Waals surface area contributed by atoms with Crippen molar-refractivity contribution in [3.05, 3.63) is 35.4 Å². The van der Waals surface area contributed by atoms with Gasteiger partial charge in [0.25, 0.3) is 0 Å². The predicted molar refractivity (Wildman–Crippen MR) is 57.5 cm³/mol. The molecule has 0 fully saturated rings. The Morgan fingerprint density at radius 1 is 1.31 bits per heavy atom. The molecular weight excluding hydrogens is 158 g/mol. The summed E-state index contributed by atoms with van der Waals surface area (Å²) in [6.07, 6.45) is 5.52. The summed E-state index contributed by atoms with van der Waals surface area (Å²) in [5.74, 6) is 0. The Labute approximate surface area is 79.3 Å². The quantitative estimate of drug-likeness (QED) is 0.600. The average molecular weight is 173 g/mol. The van der Waals surface area contributed by atoms with Crippen molar-refractivity contribution in [2.24, 2.45) is 0 Å². The van der Waals surface area contributed by atoms with Gasteiger partial charge in [-0.25, -0.2) is 0 Å². The topological polar surface area (TPSA) is 26.0 Å². The normalized spacial score (nSPS) is 18.3. The molecule has 0 radical (unpaired) electrons. The van der Waals surface area contributed by atoms with E-state index in [9.17, 15) is 0 Å². The lowest BCUT2D eigenvalue weighted by Gasteiger charge is -2.29. The number of fused-ring (bicyclic) bond motifs is 1. The first-order chi connectivity index (χ1) is 6.09. The second-order valence-electron chi connectivity index (χ2n) is 4.34. The first-order valence-electron chi connectivity index (χ1n) is 4.66. The van der Waals surface area contributed by atoms with Crippen molar-refractivity contribution in [1.29, 1.82) is 0 Å². The lowest BCUT2D eigenvalue weighted by atomic mass is 9.76. The SMILES string of the molecule is CC1(C)CC=Cc2ccc(N)cc21. The lowest BCUT2D eigenvalue weighted by Crippen LogP contribution is -2.20. The van der Waals surface area contributed by atoms with Crippen LogP contribution in [0.1, 0.15) is 31.4 Å². The molecule has 0 bridgehead atoms. The van der Waals surface area contributed by atoms with Crippen LogP contribution >= 0.6 is 0 Å². The number of hydrogen-bond acceptors (Lipinski definition) is 1. The van der Waals surface area contributed by atoms with Crippen molar-refractivity contribution >= 4 is 11.8 Å². The lowest BCUT2D eigenvalue weighted by molar-refractivity contribution is 0.529. The summed E-state index contributed by atoms with van der Waals surface area (Å²) >= 11 is 0. The van der Waals surface area contributed by atoms with E-state index >= 15 is 0 Å². The third-order valence-corrected chi connectivity index (χ3v) is 2.73. The molecule has 0 unspecified atom stereocenters. The molecule has 0 aliphatic heterocycles. The van der Waals surface area contributed by atoms with Gasteiger partial charge in [0.05, 0.1) is 0 Å². The second kappa shape index (κ2) is 2.63. The van der Waals surface area contributed by atoms with Crippen LogP contribution in [0.2, 0.25) is 0 Å². The Hall–Kier alpha value is -1.24. The molecule has 2 N–H and O–H groups in total. The van der Waals surface area contributed by atoms with Crippen LogP contribution in [0.5, 0.6) is 0 Å². The van der Waals surface area contributed by atoms with Gasteiger partial charge >= 0.3 is 0 Å². The van der Waals surface area contributed by atoms with E-state index in [1.165, 1.54) is 11.1 Å². The minimum absolute atomic E-state index is 0.236. The van der Waals surface area contributed by atoms with Gasteiger partial charge in [0.2, 0.25) is 0 Å². The molecule has 1 aromatic rings. The van der Waals surface area contributed by atoms with Gasteiger partial charge in [0.15, 0.2) is 0 Å². The number of hydrogen-bond donors (Lipinski definition) is 1. The van der Waals surface area contributed by atoms with Crippen LogP contribution in [0.15, 0.2) is 24.3 Å². The minimum Gasteiger partial charge on any atom is -0.399 e. The van der Waals surface area contributed by atoms with Gasteiger partial charge in [-0.15, -0.1) is 0 Å². The zero-order valence-corrected chi connectivity index (χ0v) is 8.17. The fourth-order valence-electron chi connectivity index (χ4n) is 1.90. The van der Waals surface area contributed by atoms with Crippen molar-refractivity contribution in [3.63, 3.8) is 0 Å². The molecule has 1 nitrogen and oxygen atoms in total. The van der Waals surface area contributed by atoms with E-state index in [1.54, 1.807) is 0 Å². The molecule has 0 atom stereocenters. The monoisotopic (exact) mass is 173 g/mol. The van der Waals surface area contributed by atoms with Crippen molar-refractivity contribution in [2.45, 2.75) is 25.7 Å². The number of rotatable bonds is 0. The van der Waals surface area contributed by atoms with Crippen LogP contribution in [0.25, 0.3) is 6.08 Å². The third-order valence-electron chi connectivity index (χ3n) is 2.73. The van der Waals surface area contributed by atoms with Crippen LogP contribution < -0.4 is 5.73 Å². The van der Waals surface area contributed by atoms with Gasteiger partial charge in [-0.1, -0.05) is 32.1 Å². The van der Waals surface area contributed by atoms with E-state index in [1.807, 2.05) is 6.07 Å². The summed E-state index contributed by atoms with van der Waals surface area (Å²) in [6, 6.07) is 6.16. The van der Waals surface area contributed by atoms with Crippen LogP contribution in [0, 0.1) is 0 Å². The van der Waals surface area contributed by atoms with Gasteiger partial charge in [-0.2, -0.15) is 0 Å². The first kappa shape index (κ1) is 8.36. The second-order valence-corrected chi connectivity index (χ2v) is 4.34. The van der Waals surface area contributed by atoms with Crippen LogP contribution in [-0.4, -0.2) is 0 Å². The van der Waals surface area contributed by atoms with E-state index in [0.717, 1.165) is 12.1 Å². The summed E-state index contributed by atoms with van der Waals surface area (Å²) in [5.41, 5.74) is 9.56. The fourth-order valence-corrected chi connectivity index (χ4v) is 1.90. The van der Waals surface area contributed by atoms with Crippen LogP contribution in [-0.2, 0) is 5.41 Å². The molecule has 13 heavy (non-hydrogen) atoms. The molecule has 2 rings (SSSR count). The fraction of sp³-hybridized carbons (Fsp3) is 0.333. The maximum Gasteiger partial charge on any atom is 0.0317 e. The molecule has 0 spiro atoms. The highest BCUT2D eigenvalue weighted by Crippen LogP contribution is 2.35. The Balaban J connectivity index is 2.62. The number of allylic oxidation sites excluding steroid dienone is 1. The van der Waals surface area contributed by atoms with E-state index in [2.05, 4.69) is 38.1 Å². The molecule has 1 aliphatic carbocycles. The maximum atomic E-state index is 5.78. The molecular formula is C12H15N. The number of benzene rings is 1. The summed E-state index contributed by atoms with van der Waals surface area (Å²) in [5, 5.41) is 0. The largest absolute Gasteiger partial charge is 0.399 e. The molecule has 68 valence electrons.